The fourth-order valence-electron chi connectivity index (χ4n) is 4.98. The van der Waals surface area contributed by atoms with E-state index in [1.807, 2.05) is 26.8 Å². The maximum Gasteiger partial charge on any atom is 0.265 e. The minimum atomic E-state index is -1.98. The van der Waals surface area contributed by atoms with E-state index in [9.17, 15) is 19.1 Å². The van der Waals surface area contributed by atoms with Gasteiger partial charge in [0.1, 0.15) is 11.6 Å². The summed E-state index contributed by atoms with van der Waals surface area (Å²) in [5, 5.41) is 11.6. The highest BCUT2D eigenvalue weighted by molar-refractivity contribution is 6.13. The highest BCUT2D eigenvalue weighted by Gasteiger charge is 2.60. The second-order valence-electron chi connectivity index (χ2n) is 8.36. The van der Waals surface area contributed by atoms with Crippen molar-refractivity contribution in [1.29, 1.82) is 0 Å². The van der Waals surface area contributed by atoms with Crippen LogP contribution in [0.3, 0.4) is 0 Å². The number of hydrogen-bond donors (Lipinski definition) is 1. The van der Waals surface area contributed by atoms with Gasteiger partial charge in [-0.1, -0.05) is 18.9 Å². The molecular weight excluding hydrogens is 333 g/mol. The molecule has 0 spiro atoms. The number of carbonyl (C=O) groups excluding carboxylic acids is 2. The fourth-order valence-corrected chi connectivity index (χ4v) is 4.98. The molecule has 0 saturated heterocycles. The predicted molar refractivity (Wildman–Crippen MR) is 97.1 cm³/mol. The SMILES string of the molecule is CC1=CC(C)(C)N2C(=O)C(O)(C3CCCCCC3=O)c3cc(F)cc1c32. The number of Topliss-reactive ketones (excluding diaryl/α,β-unsaturated/α-hetero) is 1. The zero-order chi connectivity index (χ0) is 18.9. The molecule has 2 heterocycles. The normalized spacial score (nSPS) is 30.1. The Balaban J connectivity index is 1.98. The molecule has 4 rings (SSSR count). The molecule has 2 aliphatic heterocycles. The Morgan fingerprint density at radius 2 is 1.92 bits per heavy atom. The Labute approximate surface area is 152 Å². The van der Waals surface area contributed by atoms with Crippen LogP contribution in [0.4, 0.5) is 10.1 Å². The van der Waals surface area contributed by atoms with E-state index in [0.29, 0.717) is 24.1 Å². The molecule has 3 aliphatic rings. The van der Waals surface area contributed by atoms with Gasteiger partial charge >= 0.3 is 0 Å². The van der Waals surface area contributed by atoms with Crippen molar-refractivity contribution >= 4 is 23.0 Å². The number of anilines is 1. The largest absolute Gasteiger partial charge is 0.375 e. The van der Waals surface area contributed by atoms with Gasteiger partial charge < -0.3 is 5.11 Å². The molecule has 26 heavy (non-hydrogen) atoms. The smallest absolute Gasteiger partial charge is 0.265 e. The summed E-state index contributed by atoms with van der Waals surface area (Å²) in [6.45, 7) is 5.67. The van der Waals surface area contributed by atoms with Crippen molar-refractivity contribution in [2.24, 2.45) is 5.92 Å². The van der Waals surface area contributed by atoms with Gasteiger partial charge in [0.05, 0.1) is 17.1 Å². The lowest BCUT2D eigenvalue weighted by Gasteiger charge is -2.39. The van der Waals surface area contributed by atoms with Gasteiger partial charge in [-0.2, -0.15) is 0 Å². The average Bonchev–Trinajstić information content (AvgIpc) is 2.70. The average molecular weight is 357 g/mol. The van der Waals surface area contributed by atoms with Crippen LogP contribution < -0.4 is 4.90 Å². The van der Waals surface area contributed by atoms with Crippen LogP contribution in [0, 0.1) is 11.7 Å². The van der Waals surface area contributed by atoms with E-state index in [-0.39, 0.29) is 11.3 Å². The zero-order valence-electron chi connectivity index (χ0n) is 15.4. The first-order valence-electron chi connectivity index (χ1n) is 9.31. The maximum absolute atomic E-state index is 14.4. The number of aliphatic hydroxyl groups is 1. The number of carbonyl (C=O) groups is 2. The van der Waals surface area contributed by atoms with Crippen LogP contribution in [0.2, 0.25) is 0 Å². The molecule has 4 nitrogen and oxygen atoms in total. The number of hydrogen-bond acceptors (Lipinski definition) is 3. The van der Waals surface area contributed by atoms with Crippen molar-refractivity contribution in [3.8, 4) is 0 Å². The lowest BCUT2D eigenvalue weighted by molar-refractivity contribution is -0.150. The third-order valence-corrected chi connectivity index (χ3v) is 6.12. The molecule has 1 saturated carbocycles. The Morgan fingerprint density at radius 1 is 1.19 bits per heavy atom. The van der Waals surface area contributed by atoms with E-state index in [1.54, 1.807) is 4.90 Å². The Morgan fingerprint density at radius 3 is 2.65 bits per heavy atom. The van der Waals surface area contributed by atoms with Crippen LogP contribution >= 0.6 is 0 Å². The molecule has 1 aliphatic carbocycles. The van der Waals surface area contributed by atoms with Gasteiger partial charge in [0.25, 0.3) is 5.91 Å². The maximum atomic E-state index is 14.4. The van der Waals surface area contributed by atoms with Crippen molar-refractivity contribution in [1.82, 2.24) is 0 Å². The van der Waals surface area contributed by atoms with Crippen molar-refractivity contribution in [3.05, 3.63) is 35.2 Å². The summed E-state index contributed by atoms with van der Waals surface area (Å²) in [6.07, 6.45) is 5.19. The Bertz CT molecular complexity index is 857. The van der Waals surface area contributed by atoms with E-state index < -0.39 is 28.8 Å². The molecule has 2 unspecified atom stereocenters. The minimum Gasteiger partial charge on any atom is -0.375 e. The van der Waals surface area contributed by atoms with Gasteiger partial charge in [0.15, 0.2) is 5.60 Å². The van der Waals surface area contributed by atoms with E-state index in [4.69, 9.17) is 0 Å². The van der Waals surface area contributed by atoms with Crippen molar-refractivity contribution < 1.29 is 19.1 Å². The van der Waals surface area contributed by atoms with Crippen molar-refractivity contribution in [3.63, 3.8) is 0 Å². The molecule has 0 aromatic heterocycles. The molecular formula is C21H24FNO3. The lowest BCUT2D eigenvalue weighted by Crippen LogP contribution is -2.54. The number of allylic oxidation sites excluding steroid dienone is 1. The summed E-state index contributed by atoms with van der Waals surface area (Å²) in [6, 6.07) is 2.64. The summed E-state index contributed by atoms with van der Waals surface area (Å²) in [4.78, 5) is 27.8. The monoisotopic (exact) mass is 357 g/mol. The molecule has 1 amide bonds. The summed E-state index contributed by atoms with van der Waals surface area (Å²) in [5.74, 6) is -1.92. The predicted octanol–water partition coefficient (Wildman–Crippen LogP) is 3.70. The highest BCUT2D eigenvalue weighted by Crippen LogP contribution is 2.54. The molecule has 2 atom stereocenters. The third kappa shape index (κ3) is 2.16. The molecule has 1 aromatic rings. The van der Waals surface area contributed by atoms with Gasteiger partial charge in [-0.25, -0.2) is 4.39 Å². The first-order chi connectivity index (χ1) is 12.2. The van der Waals surface area contributed by atoms with Crippen molar-refractivity contribution in [2.75, 3.05) is 4.90 Å². The van der Waals surface area contributed by atoms with Crippen LogP contribution in [-0.2, 0) is 15.2 Å². The number of rotatable bonds is 1. The summed E-state index contributed by atoms with van der Waals surface area (Å²) in [7, 11) is 0. The summed E-state index contributed by atoms with van der Waals surface area (Å²) >= 11 is 0. The van der Waals surface area contributed by atoms with Gasteiger partial charge in [0.2, 0.25) is 0 Å². The molecule has 0 radical (unpaired) electrons. The second kappa shape index (κ2) is 5.49. The third-order valence-electron chi connectivity index (χ3n) is 6.12. The number of halogens is 1. The van der Waals surface area contributed by atoms with E-state index >= 15 is 0 Å². The standard InChI is InChI=1S/C21H24FNO3/c1-12-11-20(2,3)23-18-14(12)9-13(22)10-16(18)21(26,19(23)25)15-7-5-4-6-8-17(15)24/h9-11,15,26H,4-8H2,1-3H3. The summed E-state index contributed by atoms with van der Waals surface area (Å²) in [5.41, 5.74) is -0.349. The number of amides is 1. The van der Waals surface area contributed by atoms with Gasteiger partial charge in [-0.05, 0) is 51.3 Å². The number of benzene rings is 1. The molecule has 1 fully saturated rings. The number of ketones is 1. The van der Waals surface area contributed by atoms with Crippen LogP contribution in [0.1, 0.15) is 64.0 Å². The molecule has 1 N–H and O–H groups in total. The van der Waals surface area contributed by atoms with Gasteiger partial charge in [-0.15, -0.1) is 0 Å². The molecule has 138 valence electrons. The van der Waals surface area contributed by atoms with E-state index in [1.165, 1.54) is 12.1 Å². The molecule has 0 bridgehead atoms. The Hall–Kier alpha value is -2.01. The Kier molecular flexibility index (Phi) is 3.68. The minimum absolute atomic E-state index is 0.0984. The van der Waals surface area contributed by atoms with E-state index in [2.05, 4.69) is 0 Å². The van der Waals surface area contributed by atoms with Crippen LogP contribution in [0.5, 0.6) is 0 Å². The van der Waals surface area contributed by atoms with Crippen LogP contribution in [-0.4, -0.2) is 22.3 Å². The first-order valence-corrected chi connectivity index (χ1v) is 9.31. The first kappa shape index (κ1) is 17.4. The van der Waals surface area contributed by atoms with E-state index in [0.717, 1.165) is 24.8 Å². The number of nitrogens with zero attached hydrogens (tertiary/aromatic N) is 1. The van der Waals surface area contributed by atoms with Crippen LogP contribution in [0.25, 0.3) is 5.57 Å². The molecule has 5 heteroatoms. The van der Waals surface area contributed by atoms with Crippen molar-refractivity contribution in [2.45, 2.75) is 64.0 Å². The van der Waals surface area contributed by atoms with Gasteiger partial charge in [0, 0.05) is 17.5 Å². The van der Waals surface area contributed by atoms with Crippen LogP contribution in [0.15, 0.2) is 18.2 Å². The quantitative estimate of drug-likeness (QED) is 0.780. The zero-order valence-corrected chi connectivity index (χ0v) is 15.4. The topological polar surface area (TPSA) is 57.6 Å². The summed E-state index contributed by atoms with van der Waals surface area (Å²) < 4.78 is 14.4. The highest BCUT2D eigenvalue weighted by atomic mass is 19.1. The molecule has 1 aromatic carbocycles. The fraction of sp³-hybridized carbons (Fsp3) is 0.524. The second-order valence-corrected chi connectivity index (χ2v) is 8.36. The van der Waals surface area contributed by atoms with Gasteiger partial charge in [-0.3, -0.25) is 14.5 Å². The lowest BCUT2D eigenvalue weighted by atomic mass is 9.76.